The molecule has 13 nitrogen and oxygen atoms in total. The smallest absolute Gasteiger partial charge is 0.328 e. The van der Waals surface area contributed by atoms with Crippen LogP contribution >= 0.6 is 0 Å². The number of nitrogens with one attached hydrogen (secondary N) is 4. The Kier molecular flexibility index (Phi) is 10.6. The fraction of sp³-hybridized carbons (Fsp3) is 0.611. The largest absolute Gasteiger partial charge is 0.480 e. The first kappa shape index (κ1) is 26.0. The summed E-state index contributed by atoms with van der Waals surface area (Å²) in [4.78, 5) is 55.3. The third-order valence-electron chi connectivity index (χ3n) is 4.28. The number of aromatic nitrogens is 2. The first-order valence-corrected chi connectivity index (χ1v) is 9.67. The molecule has 3 amide bonds. The topological polar surface area (TPSA) is 220 Å². The van der Waals surface area contributed by atoms with E-state index in [-0.39, 0.29) is 18.8 Å². The van der Waals surface area contributed by atoms with Gasteiger partial charge in [0.2, 0.25) is 17.7 Å². The van der Waals surface area contributed by atoms with Crippen LogP contribution in [0.4, 0.5) is 0 Å². The molecular weight excluding hydrogens is 412 g/mol. The van der Waals surface area contributed by atoms with Gasteiger partial charge >= 0.3 is 5.97 Å². The van der Waals surface area contributed by atoms with E-state index in [0.717, 1.165) is 0 Å². The van der Waals surface area contributed by atoms with E-state index < -0.39 is 61.1 Å². The molecule has 0 bridgehead atoms. The number of hydrogen-bond acceptors (Lipinski definition) is 8. The normalized spacial score (nSPS) is 14.9. The van der Waals surface area contributed by atoms with Crippen LogP contribution in [0, 0.1) is 5.92 Å². The van der Waals surface area contributed by atoms with E-state index in [0.29, 0.717) is 5.69 Å². The van der Waals surface area contributed by atoms with E-state index in [2.05, 4.69) is 25.9 Å². The molecule has 4 atom stereocenters. The molecule has 9 N–H and O–H groups in total. The van der Waals surface area contributed by atoms with E-state index in [4.69, 9.17) is 21.1 Å². The molecule has 0 aliphatic carbocycles. The number of aliphatic hydroxyl groups excluding tert-OH is 2. The Morgan fingerprint density at radius 1 is 1.00 bits per heavy atom. The minimum Gasteiger partial charge on any atom is -0.480 e. The maximum atomic E-state index is 12.9. The van der Waals surface area contributed by atoms with Crippen molar-refractivity contribution in [3.05, 3.63) is 18.2 Å². The Morgan fingerprint density at radius 2 is 1.58 bits per heavy atom. The first-order valence-electron chi connectivity index (χ1n) is 9.67. The monoisotopic (exact) mass is 442 g/mol. The number of carboxylic acid groups (broad SMARTS) is 1. The lowest BCUT2D eigenvalue weighted by Crippen LogP contribution is -2.58. The van der Waals surface area contributed by atoms with Gasteiger partial charge in [-0.3, -0.25) is 14.4 Å². The Morgan fingerprint density at radius 3 is 2.06 bits per heavy atom. The molecular formula is C18H30N6O7. The third kappa shape index (κ3) is 8.70. The molecule has 4 unspecified atom stereocenters. The lowest BCUT2D eigenvalue weighted by Gasteiger charge is -2.25. The van der Waals surface area contributed by atoms with E-state index in [9.17, 15) is 19.2 Å². The number of carbonyl (C=O) groups is 4. The van der Waals surface area contributed by atoms with Crippen molar-refractivity contribution in [3.63, 3.8) is 0 Å². The molecule has 1 heterocycles. The molecule has 0 saturated heterocycles. The predicted octanol–water partition coefficient (Wildman–Crippen LogP) is -3.15. The van der Waals surface area contributed by atoms with Gasteiger partial charge in [-0.15, -0.1) is 0 Å². The van der Waals surface area contributed by atoms with E-state index in [1.54, 1.807) is 13.8 Å². The van der Waals surface area contributed by atoms with E-state index >= 15 is 0 Å². The van der Waals surface area contributed by atoms with Crippen LogP contribution in [0.25, 0.3) is 0 Å². The number of hydrogen-bond donors (Lipinski definition) is 8. The zero-order valence-electron chi connectivity index (χ0n) is 17.4. The van der Waals surface area contributed by atoms with Crippen LogP contribution < -0.4 is 21.7 Å². The van der Waals surface area contributed by atoms with Crippen molar-refractivity contribution in [1.82, 2.24) is 25.9 Å². The average molecular weight is 442 g/mol. The molecule has 174 valence electrons. The van der Waals surface area contributed by atoms with Crippen LogP contribution in [0.1, 0.15) is 26.0 Å². The summed E-state index contributed by atoms with van der Waals surface area (Å²) in [5.41, 5.74) is 6.02. The van der Waals surface area contributed by atoms with Gasteiger partial charge in [-0.1, -0.05) is 13.8 Å². The second-order valence-electron chi connectivity index (χ2n) is 7.40. The summed E-state index contributed by atoms with van der Waals surface area (Å²) in [7, 11) is 0. The number of imidazole rings is 1. The Bertz CT molecular complexity index is 740. The highest BCUT2D eigenvalue weighted by atomic mass is 16.4. The number of amides is 3. The maximum absolute atomic E-state index is 12.9. The highest BCUT2D eigenvalue weighted by Crippen LogP contribution is 2.07. The molecule has 0 aliphatic heterocycles. The quantitative estimate of drug-likeness (QED) is 0.154. The maximum Gasteiger partial charge on any atom is 0.328 e. The van der Waals surface area contributed by atoms with Crippen molar-refractivity contribution in [3.8, 4) is 0 Å². The van der Waals surface area contributed by atoms with Gasteiger partial charge in [0.15, 0.2) is 0 Å². The highest BCUT2D eigenvalue weighted by molar-refractivity contribution is 5.94. The van der Waals surface area contributed by atoms with Crippen molar-refractivity contribution in [2.45, 2.75) is 50.9 Å². The van der Waals surface area contributed by atoms with Crippen LogP contribution in [-0.4, -0.2) is 86.4 Å². The summed E-state index contributed by atoms with van der Waals surface area (Å²) in [5, 5.41) is 34.3. The minimum absolute atomic E-state index is 0.000129. The Balaban J connectivity index is 3.00. The summed E-state index contributed by atoms with van der Waals surface area (Å²) in [5.74, 6) is -3.74. The van der Waals surface area contributed by atoms with Gasteiger partial charge in [0.25, 0.3) is 0 Å². The molecule has 13 heteroatoms. The van der Waals surface area contributed by atoms with Gasteiger partial charge < -0.3 is 42.0 Å². The number of nitrogens with two attached hydrogens (primary N) is 1. The van der Waals surface area contributed by atoms with Crippen molar-refractivity contribution >= 4 is 23.7 Å². The number of aliphatic carboxylic acids is 1. The zero-order valence-corrected chi connectivity index (χ0v) is 17.4. The molecule has 0 saturated carbocycles. The summed E-state index contributed by atoms with van der Waals surface area (Å²) in [6, 6.07) is -5.04. The van der Waals surface area contributed by atoms with Crippen molar-refractivity contribution in [2.75, 3.05) is 13.2 Å². The van der Waals surface area contributed by atoms with Gasteiger partial charge in [0.1, 0.15) is 24.2 Å². The van der Waals surface area contributed by atoms with Crippen molar-refractivity contribution in [1.29, 1.82) is 0 Å². The van der Waals surface area contributed by atoms with Gasteiger partial charge in [-0.2, -0.15) is 0 Å². The fourth-order valence-electron chi connectivity index (χ4n) is 2.62. The summed E-state index contributed by atoms with van der Waals surface area (Å²) < 4.78 is 0. The number of carboxylic acids is 1. The van der Waals surface area contributed by atoms with Crippen LogP contribution in [-0.2, 0) is 25.6 Å². The standard InChI is InChI=1S/C18H30N6O7/c1-9(2)3-12(16(28)24-14(7-26)18(30)31)23-17(29)13(4-10-5-20-8-21-10)22-15(27)11(19)6-25/h5,8-9,11-14,25-26H,3-4,6-7,19H2,1-2H3,(H,20,21)(H,22,27)(H,23,29)(H,24,28)(H,30,31). The van der Waals surface area contributed by atoms with Gasteiger partial charge in [-0.25, -0.2) is 9.78 Å². The first-order chi connectivity index (χ1) is 14.6. The van der Waals surface area contributed by atoms with Gasteiger partial charge in [0.05, 0.1) is 19.5 Å². The number of aromatic amines is 1. The van der Waals surface area contributed by atoms with Crippen molar-refractivity contribution < 1.29 is 34.5 Å². The SMILES string of the molecule is CC(C)CC(NC(=O)C(Cc1cnc[nH]1)NC(=O)C(N)CO)C(=O)NC(CO)C(=O)O. The van der Waals surface area contributed by atoms with Gasteiger partial charge in [0, 0.05) is 18.3 Å². The fourth-order valence-corrected chi connectivity index (χ4v) is 2.62. The molecule has 0 spiro atoms. The molecule has 1 rings (SSSR count). The predicted molar refractivity (Wildman–Crippen MR) is 107 cm³/mol. The summed E-state index contributed by atoms with van der Waals surface area (Å²) in [6.07, 6.45) is 3.02. The second-order valence-corrected chi connectivity index (χ2v) is 7.40. The third-order valence-corrected chi connectivity index (χ3v) is 4.28. The van der Waals surface area contributed by atoms with Crippen LogP contribution in [0.5, 0.6) is 0 Å². The van der Waals surface area contributed by atoms with Crippen LogP contribution in [0.2, 0.25) is 0 Å². The second kappa shape index (κ2) is 12.6. The zero-order chi connectivity index (χ0) is 23.6. The highest BCUT2D eigenvalue weighted by Gasteiger charge is 2.30. The van der Waals surface area contributed by atoms with Crippen LogP contribution in [0.15, 0.2) is 12.5 Å². The number of H-pyrrole nitrogens is 1. The van der Waals surface area contributed by atoms with Crippen molar-refractivity contribution in [2.24, 2.45) is 11.7 Å². The number of rotatable bonds is 13. The average Bonchev–Trinajstić information content (AvgIpc) is 3.22. The molecule has 1 aromatic rings. The minimum atomic E-state index is -1.53. The molecule has 0 aliphatic rings. The number of aliphatic hydroxyl groups is 2. The molecule has 0 fully saturated rings. The molecule has 0 aromatic carbocycles. The summed E-state index contributed by atoms with van der Waals surface area (Å²) in [6.45, 7) is 2.16. The number of carbonyl (C=O) groups excluding carboxylic acids is 3. The summed E-state index contributed by atoms with van der Waals surface area (Å²) >= 11 is 0. The van der Waals surface area contributed by atoms with E-state index in [1.165, 1.54) is 12.5 Å². The van der Waals surface area contributed by atoms with Crippen LogP contribution in [0.3, 0.4) is 0 Å². The Labute approximate surface area is 178 Å². The van der Waals surface area contributed by atoms with E-state index in [1.807, 2.05) is 0 Å². The molecule has 31 heavy (non-hydrogen) atoms. The molecule has 1 aromatic heterocycles. The molecule has 0 radical (unpaired) electrons. The lowest BCUT2D eigenvalue weighted by atomic mass is 10.0. The lowest BCUT2D eigenvalue weighted by molar-refractivity contribution is -0.143. The number of nitrogens with zero attached hydrogens (tertiary/aromatic N) is 1. The Hall–Kier alpha value is -3.03. The van der Waals surface area contributed by atoms with Gasteiger partial charge in [-0.05, 0) is 12.3 Å².